The molecule has 17 heavy (non-hydrogen) atoms. The molecule has 1 aliphatic rings. The molecule has 0 N–H and O–H groups in total. The summed E-state index contributed by atoms with van der Waals surface area (Å²) in [7, 11) is 1.31. The Hall–Kier alpha value is -1.10. The number of halogens is 1. The topological polar surface area (TPSA) is 46.6 Å². The Morgan fingerprint density at radius 3 is 2.59 bits per heavy atom. The summed E-state index contributed by atoms with van der Waals surface area (Å²) >= 11 is 3.31. The molecule has 0 radical (unpaired) electrons. The van der Waals surface area contributed by atoms with E-state index in [2.05, 4.69) is 22.5 Å². The Kier molecular flexibility index (Phi) is 4.51. The van der Waals surface area contributed by atoms with Crippen LogP contribution >= 0.6 is 15.9 Å². The number of alkyl halides is 1. The standard InChI is InChI=1S/C12H16BrNO3/c1-5-6-8-9(13)11(15)14(8)10(7(2)3)12(16)17-4/h5,8-9H,1,6H2,2-4H3/t8-,9?/m1/s1. The van der Waals surface area contributed by atoms with Crippen molar-refractivity contribution in [2.24, 2.45) is 0 Å². The van der Waals surface area contributed by atoms with Gasteiger partial charge in [0.05, 0.1) is 13.2 Å². The van der Waals surface area contributed by atoms with E-state index in [0.717, 1.165) is 5.57 Å². The lowest BCUT2D eigenvalue weighted by Crippen LogP contribution is -2.62. The van der Waals surface area contributed by atoms with Crippen LogP contribution in [-0.2, 0) is 14.3 Å². The molecule has 1 unspecified atom stereocenters. The van der Waals surface area contributed by atoms with Crippen LogP contribution in [0.5, 0.6) is 0 Å². The third-order valence-electron chi connectivity index (χ3n) is 2.64. The number of amides is 1. The summed E-state index contributed by atoms with van der Waals surface area (Å²) < 4.78 is 4.71. The van der Waals surface area contributed by atoms with E-state index < -0.39 is 5.97 Å². The van der Waals surface area contributed by atoms with Crippen LogP contribution in [-0.4, -0.2) is 34.8 Å². The Morgan fingerprint density at radius 1 is 1.59 bits per heavy atom. The summed E-state index contributed by atoms with van der Waals surface area (Å²) in [4.78, 5) is 24.7. The molecular formula is C12H16BrNO3. The van der Waals surface area contributed by atoms with Crippen molar-refractivity contribution in [1.29, 1.82) is 0 Å². The predicted molar refractivity (Wildman–Crippen MR) is 68.6 cm³/mol. The van der Waals surface area contributed by atoms with Crippen molar-refractivity contribution < 1.29 is 14.3 Å². The fourth-order valence-corrected chi connectivity index (χ4v) is 2.49. The lowest BCUT2D eigenvalue weighted by atomic mass is 9.96. The molecular weight excluding hydrogens is 286 g/mol. The third kappa shape index (κ3) is 2.44. The molecule has 1 rings (SSSR count). The van der Waals surface area contributed by atoms with E-state index in [-0.39, 0.29) is 16.8 Å². The van der Waals surface area contributed by atoms with Gasteiger partial charge in [0.25, 0.3) is 0 Å². The number of ether oxygens (including phenoxy) is 1. The Labute approximate surface area is 109 Å². The van der Waals surface area contributed by atoms with Crippen LogP contribution in [0.2, 0.25) is 0 Å². The monoisotopic (exact) mass is 301 g/mol. The summed E-state index contributed by atoms with van der Waals surface area (Å²) in [6, 6.07) is -0.0657. The van der Waals surface area contributed by atoms with Gasteiger partial charge in [-0.3, -0.25) is 4.79 Å². The lowest BCUT2D eigenvalue weighted by Gasteiger charge is -2.45. The van der Waals surface area contributed by atoms with Crippen molar-refractivity contribution in [3.05, 3.63) is 23.9 Å². The number of β-lactam (4-membered cyclic amide) rings is 1. The summed E-state index contributed by atoms with van der Waals surface area (Å²) in [5.74, 6) is -0.592. The second kappa shape index (κ2) is 5.49. The number of methoxy groups -OCH3 is 1. The minimum atomic E-state index is -0.480. The number of carbonyl (C=O) groups excluding carboxylic acids is 2. The number of carbonyl (C=O) groups is 2. The van der Waals surface area contributed by atoms with Crippen LogP contribution < -0.4 is 0 Å². The summed E-state index contributed by atoms with van der Waals surface area (Å²) in [6.07, 6.45) is 2.37. The summed E-state index contributed by atoms with van der Waals surface area (Å²) in [6.45, 7) is 7.22. The highest BCUT2D eigenvalue weighted by atomic mass is 79.9. The smallest absolute Gasteiger partial charge is 0.354 e. The molecule has 0 saturated carbocycles. The fourth-order valence-electron chi connectivity index (χ4n) is 1.82. The van der Waals surface area contributed by atoms with Gasteiger partial charge in [-0.15, -0.1) is 6.58 Å². The molecule has 0 aromatic carbocycles. The first-order valence-corrected chi connectivity index (χ1v) is 6.21. The maximum Gasteiger partial charge on any atom is 0.354 e. The van der Waals surface area contributed by atoms with Gasteiger partial charge in [0.15, 0.2) is 0 Å². The SMILES string of the molecule is C=CC[C@@H]1C(Br)C(=O)N1C(C(=O)OC)=C(C)C. The maximum atomic E-state index is 11.8. The molecule has 4 nitrogen and oxygen atoms in total. The molecule has 0 spiro atoms. The molecule has 0 bridgehead atoms. The molecule has 1 amide bonds. The first-order chi connectivity index (χ1) is 7.95. The van der Waals surface area contributed by atoms with Crippen LogP contribution in [0.1, 0.15) is 20.3 Å². The second-order valence-electron chi connectivity index (χ2n) is 4.04. The first kappa shape index (κ1) is 14.0. The normalized spacial score (nSPS) is 22.8. The average Bonchev–Trinajstić information content (AvgIpc) is 2.31. The average molecular weight is 302 g/mol. The van der Waals surface area contributed by atoms with Gasteiger partial charge in [-0.2, -0.15) is 0 Å². The number of hydrogen-bond acceptors (Lipinski definition) is 3. The second-order valence-corrected chi connectivity index (χ2v) is 5.03. The zero-order valence-electron chi connectivity index (χ0n) is 10.2. The molecule has 2 atom stereocenters. The van der Waals surface area contributed by atoms with Crippen LogP contribution in [0.15, 0.2) is 23.9 Å². The molecule has 1 heterocycles. The highest BCUT2D eigenvalue weighted by Crippen LogP contribution is 2.34. The van der Waals surface area contributed by atoms with Crippen molar-refractivity contribution in [3.63, 3.8) is 0 Å². The van der Waals surface area contributed by atoms with Crippen molar-refractivity contribution in [3.8, 4) is 0 Å². The predicted octanol–water partition coefficient (Wildman–Crippen LogP) is 2.00. The lowest BCUT2D eigenvalue weighted by molar-refractivity contribution is -0.149. The van der Waals surface area contributed by atoms with Crippen LogP contribution in [0.4, 0.5) is 0 Å². The fraction of sp³-hybridized carbons (Fsp3) is 0.500. The molecule has 94 valence electrons. The quantitative estimate of drug-likeness (QED) is 0.262. The van der Waals surface area contributed by atoms with E-state index in [1.807, 2.05) is 0 Å². The molecule has 0 aromatic heterocycles. The van der Waals surface area contributed by atoms with Crippen molar-refractivity contribution in [2.75, 3.05) is 7.11 Å². The van der Waals surface area contributed by atoms with Crippen molar-refractivity contribution in [1.82, 2.24) is 4.90 Å². The van der Waals surface area contributed by atoms with E-state index in [0.29, 0.717) is 12.1 Å². The van der Waals surface area contributed by atoms with Crippen molar-refractivity contribution in [2.45, 2.75) is 31.1 Å². The Morgan fingerprint density at radius 2 is 2.18 bits per heavy atom. The summed E-state index contributed by atoms with van der Waals surface area (Å²) in [5.41, 5.74) is 1.10. The molecule has 5 heteroatoms. The van der Waals surface area contributed by atoms with Crippen LogP contribution in [0.3, 0.4) is 0 Å². The molecule has 0 aromatic rings. The molecule has 1 fully saturated rings. The van der Waals surface area contributed by atoms with Gasteiger partial charge in [-0.05, 0) is 25.8 Å². The number of esters is 1. The zero-order valence-corrected chi connectivity index (χ0v) is 11.8. The highest BCUT2D eigenvalue weighted by molar-refractivity contribution is 9.10. The number of nitrogens with zero attached hydrogens (tertiary/aromatic N) is 1. The van der Waals surface area contributed by atoms with Gasteiger partial charge >= 0.3 is 5.97 Å². The van der Waals surface area contributed by atoms with E-state index in [9.17, 15) is 9.59 Å². The van der Waals surface area contributed by atoms with Crippen molar-refractivity contribution >= 4 is 27.8 Å². The van der Waals surface area contributed by atoms with Gasteiger partial charge in [0, 0.05) is 0 Å². The Balaban J connectivity index is 3.04. The largest absolute Gasteiger partial charge is 0.464 e. The number of likely N-dealkylation sites (tertiary alicyclic amines) is 1. The minimum absolute atomic E-state index is 0.0657. The van der Waals surface area contributed by atoms with Gasteiger partial charge in [0.2, 0.25) is 5.91 Å². The highest BCUT2D eigenvalue weighted by Gasteiger charge is 2.48. The van der Waals surface area contributed by atoms with Gasteiger partial charge < -0.3 is 9.64 Å². The van der Waals surface area contributed by atoms with E-state index in [1.165, 1.54) is 12.0 Å². The zero-order chi connectivity index (χ0) is 13.2. The number of allylic oxidation sites excluding steroid dienone is 1. The Bertz CT molecular complexity index is 385. The molecule has 1 saturated heterocycles. The van der Waals surface area contributed by atoms with Gasteiger partial charge in [0.1, 0.15) is 10.5 Å². The maximum absolute atomic E-state index is 11.8. The minimum Gasteiger partial charge on any atom is -0.464 e. The van der Waals surface area contributed by atoms with Crippen LogP contribution in [0, 0.1) is 0 Å². The van der Waals surface area contributed by atoms with Crippen LogP contribution in [0.25, 0.3) is 0 Å². The van der Waals surface area contributed by atoms with E-state index in [4.69, 9.17) is 4.74 Å². The molecule has 1 aliphatic heterocycles. The van der Waals surface area contributed by atoms with Gasteiger partial charge in [-0.1, -0.05) is 22.0 Å². The van der Waals surface area contributed by atoms with Gasteiger partial charge in [-0.25, -0.2) is 4.79 Å². The first-order valence-electron chi connectivity index (χ1n) is 5.29. The van der Waals surface area contributed by atoms with E-state index >= 15 is 0 Å². The number of hydrogen-bond donors (Lipinski definition) is 0. The third-order valence-corrected chi connectivity index (χ3v) is 3.65. The summed E-state index contributed by atoms with van der Waals surface area (Å²) in [5, 5.41) is 0. The molecule has 0 aliphatic carbocycles. The number of rotatable bonds is 4. The van der Waals surface area contributed by atoms with E-state index in [1.54, 1.807) is 19.9 Å².